The van der Waals surface area contributed by atoms with Crippen molar-refractivity contribution in [1.82, 2.24) is 0 Å². The monoisotopic (exact) mass is 851 g/mol. The molecular formula is C48H82O12. The number of ether oxygens (including phenoxy) is 8. The van der Waals surface area contributed by atoms with Crippen LogP contribution in [-0.2, 0) is 57.1 Å². The van der Waals surface area contributed by atoms with E-state index in [0.717, 1.165) is 24.3 Å². The summed E-state index contributed by atoms with van der Waals surface area (Å²) < 4.78 is 48.9. The van der Waals surface area contributed by atoms with Gasteiger partial charge in [-0.25, -0.2) is 19.2 Å². The molecule has 0 rings (SSSR count). The normalized spacial score (nSPS) is 13.8. The van der Waals surface area contributed by atoms with Crippen LogP contribution in [0.25, 0.3) is 0 Å². The van der Waals surface area contributed by atoms with Crippen molar-refractivity contribution < 1.29 is 57.1 Å². The van der Waals surface area contributed by atoms with Gasteiger partial charge >= 0.3 is 23.9 Å². The fourth-order valence-corrected chi connectivity index (χ4v) is 7.58. The first-order valence-corrected chi connectivity index (χ1v) is 20.9. The first-order valence-electron chi connectivity index (χ1n) is 20.9. The van der Waals surface area contributed by atoms with E-state index in [9.17, 15) is 19.2 Å². The molecule has 0 saturated heterocycles. The van der Waals surface area contributed by atoms with Crippen molar-refractivity contribution in [2.75, 3.05) is 52.9 Å². The summed E-state index contributed by atoms with van der Waals surface area (Å²) in [7, 11) is 0. The van der Waals surface area contributed by atoms with E-state index in [4.69, 9.17) is 37.9 Å². The molecule has 0 N–H and O–H groups in total. The number of rotatable bonds is 32. The van der Waals surface area contributed by atoms with E-state index in [1.54, 1.807) is 0 Å². The molecule has 0 aliphatic heterocycles. The maximum atomic E-state index is 11.9. The smallest absolute Gasteiger partial charge is 0.330 e. The van der Waals surface area contributed by atoms with Gasteiger partial charge in [-0.2, -0.15) is 0 Å². The second-order valence-corrected chi connectivity index (χ2v) is 21.4. The number of carbonyl (C=O) groups is 4. The first-order chi connectivity index (χ1) is 27.2. The lowest BCUT2D eigenvalue weighted by molar-refractivity contribution is -0.193. The van der Waals surface area contributed by atoms with Gasteiger partial charge in [0.25, 0.3) is 0 Å². The molecule has 346 valence electrons. The van der Waals surface area contributed by atoms with E-state index in [1.165, 1.54) is 0 Å². The first kappa shape index (κ1) is 56.7. The highest BCUT2D eigenvalue weighted by atomic mass is 16.6. The van der Waals surface area contributed by atoms with Crippen LogP contribution in [0, 0.1) is 27.1 Å². The zero-order chi connectivity index (χ0) is 46.9. The van der Waals surface area contributed by atoms with Gasteiger partial charge in [0.1, 0.15) is 0 Å². The zero-order valence-electron chi connectivity index (χ0n) is 40.1. The van der Waals surface area contributed by atoms with Crippen molar-refractivity contribution in [2.45, 2.75) is 152 Å². The predicted octanol–water partition coefficient (Wildman–Crippen LogP) is 9.35. The molecule has 12 heteroatoms. The molecule has 0 aromatic heterocycles. The molecule has 12 nitrogen and oxygen atoms in total. The summed E-state index contributed by atoms with van der Waals surface area (Å²) in [6, 6.07) is 0. The summed E-state index contributed by atoms with van der Waals surface area (Å²) in [4.78, 5) is 47.6. The van der Waals surface area contributed by atoms with E-state index in [0.29, 0.717) is 25.7 Å². The molecule has 0 heterocycles. The van der Waals surface area contributed by atoms with Crippen molar-refractivity contribution in [3.05, 3.63) is 50.6 Å². The Bertz CT molecular complexity index is 1300. The van der Waals surface area contributed by atoms with Crippen LogP contribution in [0.2, 0.25) is 0 Å². The number of esters is 4. The van der Waals surface area contributed by atoms with E-state index in [-0.39, 0.29) is 59.0 Å². The Morgan fingerprint density at radius 3 is 0.917 bits per heavy atom. The fraction of sp³-hybridized carbons (Fsp3) is 0.750. The largest absolute Gasteiger partial charge is 0.462 e. The lowest BCUT2D eigenvalue weighted by Gasteiger charge is -2.44. The Kier molecular flexibility index (Phi) is 22.5. The summed E-state index contributed by atoms with van der Waals surface area (Å²) in [5.74, 6) is -1.95. The minimum atomic E-state index is -0.877. The average molecular weight is 851 g/mol. The third-order valence-electron chi connectivity index (χ3n) is 9.62. The van der Waals surface area contributed by atoms with Gasteiger partial charge in [0.15, 0.2) is 0 Å². The van der Waals surface area contributed by atoms with Crippen LogP contribution in [0.5, 0.6) is 0 Å². The summed E-state index contributed by atoms with van der Waals surface area (Å²) in [5, 5.41) is 0. The minimum absolute atomic E-state index is 0.169. The molecule has 1 unspecified atom stereocenters. The van der Waals surface area contributed by atoms with Gasteiger partial charge in [0.2, 0.25) is 0 Å². The van der Waals surface area contributed by atoms with Crippen LogP contribution in [-0.4, -0.2) is 99.6 Å². The molecule has 0 amide bonds. The lowest BCUT2D eigenvalue weighted by atomic mass is 9.81. The maximum Gasteiger partial charge on any atom is 0.330 e. The quantitative estimate of drug-likeness (QED) is 0.0362. The summed E-state index contributed by atoms with van der Waals surface area (Å²) in [6.45, 7) is 45.5. The molecular weight excluding hydrogens is 769 g/mol. The van der Waals surface area contributed by atoms with Crippen molar-refractivity contribution in [1.29, 1.82) is 0 Å². The van der Waals surface area contributed by atoms with Crippen molar-refractivity contribution in [3.63, 3.8) is 0 Å². The van der Waals surface area contributed by atoms with Crippen LogP contribution < -0.4 is 0 Å². The molecule has 60 heavy (non-hydrogen) atoms. The van der Waals surface area contributed by atoms with E-state index >= 15 is 0 Å². The van der Waals surface area contributed by atoms with Crippen LogP contribution in [0.4, 0.5) is 0 Å². The second-order valence-electron chi connectivity index (χ2n) is 21.4. The Morgan fingerprint density at radius 2 is 0.667 bits per heavy atom. The van der Waals surface area contributed by atoms with Crippen LogP contribution in [0.1, 0.15) is 130 Å². The van der Waals surface area contributed by atoms with Gasteiger partial charge in [0, 0.05) is 46.0 Å². The van der Waals surface area contributed by atoms with Gasteiger partial charge < -0.3 is 37.9 Å². The molecule has 0 saturated carbocycles. The van der Waals surface area contributed by atoms with Gasteiger partial charge in [0.05, 0.1) is 81.2 Å². The third kappa shape index (κ3) is 25.5. The highest BCUT2D eigenvalue weighted by Crippen LogP contribution is 2.38. The average Bonchev–Trinajstić information content (AvgIpc) is 3.12. The van der Waals surface area contributed by atoms with Crippen molar-refractivity contribution >= 4 is 23.9 Å². The van der Waals surface area contributed by atoms with Gasteiger partial charge in [-0.3, -0.25) is 0 Å². The number of carbonyl (C=O) groups excluding carboxylic acids is 4. The summed E-state index contributed by atoms with van der Waals surface area (Å²) >= 11 is 0. The molecule has 0 bridgehead atoms. The van der Waals surface area contributed by atoms with E-state index in [1.807, 2.05) is 104 Å². The Labute approximate surface area is 363 Å². The molecule has 1 atom stereocenters. The summed E-state index contributed by atoms with van der Waals surface area (Å²) in [5.41, 5.74) is -4.68. The van der Waals surface area contributed by atoms with Crippen LogP contribution in [0.15, 0.2) is 50.6 Å². The maximum absolute atomic E-state index is 11.9. The number of hydrogen-bond donors (Lipinski definition) is 0. The molecule has 0 aromatic rings. The van der Waals surface area contributed by atoms with Gasteiger partial charge in [-0.05, 0) is 74.1 Å². The standard InChI is InChI=1S/C48H82O12/c1-20-37(49)54-28-41(6,7)24-36(5)53-32-48(33-58-45(14,15)25-42(8,9)29-55-38(50)21-2,34-59-46(16,17)26-43(10,11)30-56-39(51)22-3)35-60-47(18,19)27-44(12,13)31-57-40(52)23-4/h20-23,36H,1-4,24-35H2,5-19H3. The Balaban J connectivity index is 6.95. The predicted molar refractivity (Wildman–Crippen MR) is 236 cm³/mol. The van der Waals surface area contributed by atoms with Crippen LogP contribution in [0.3, 0.4) is 0 Å². The molecule has 0 spiro atoms. The molecule has 0 fully saturated rings. The molecule has 0 aliphatic carbocycles. The zero-order valence-corrected chi connectivity index (χ0v) is 40.1. The van der Waals surface area contributed by atoms with Crippen LogP contribution >= 0.6 is 0 Å². The number of hydrogen-bond acceptors (Lipinski definition) is 12. The van der Waals surface area contributed by atoms with E-state index < -0.39 is 67.8 Å². The third-order valence-corrected chi connectivity index (χ3v) is 9.62. The van der Waals surface area contributed by atoms with Gasteiger partial charge in [-0.1, -0.05) is 81.7 Å². The van der Waals surface area contributed by atoms with Gasteiger partial charge in [-0.15, -0.1) is 0 Å². The topological polar surface area (TPSA) is 142 Å². The molecule has 0 radical (unpaired) electrons. The fourth-order valence-electron chi connectivity index (χ4n) is 7.58. The van der Waals surface area contributed by atoms with Crippen molar-refractivity contribution in [3.8, 4) is 0 Å². The Morgan fingerprint density at radius 1 is 0.417 bits per heavy atom. The van der Waals surface area contributed by atoms with E-state index in [2.05, 4.69) is 26.3 Å². The lowest BCUT2D eigenvalue weighted by Crippen LogP contribution is -2.49. The molecule has 0 aliphatic rings. The highest BCUT2D eigenvalue weighted by molar-refractivity contribution is 5.82. The molecule has 0 aromatic carbocycles. The summed E-state index contributed by atoms with van der Waals surface area (Å²) in [6.07, 6.45) is 6.53. The van der Waals surface area contributed by atoms with Crippen molar-refractivity contribution in [2.24, 2.45) is 27.1 Å². The minimum Gasteiger partial charge on any atom is -0.462 e. The SMILES string of the molecule is C=CC(=O)OCC(C)(C)CC(C)OCC(COC(C)(C)CC(C)(C)COC(=O)C=C)(COC(C)(C)CC(C)(C)COC(=O)C=C)COC(C)(C)CC(C)(C)COC(=O)C=C. The highest BCUT2D eigenvalue weighted by Gasteiger charge is 2.42. The Hall–Kier alpha value is -3.32. The second kappa shape index (κ2) is 23.8.